The molecule has 28 heavy (non-hydrogen) atoms. The van der Waals surface area contributed by atoms with Gasteiger partial charge in [-0.15, -0.1) is 0 Å². The molecule has 0 bridgehead atoms. The van der Waals surface area contributed by atoms with Crippen LogP contribution in [0.15, 0.2) is 45.6 Å². The molecule has 0 saturated carbocycles. The van der Waals surface area contributed by atoms with Gasteiger partial charge in [-0.1, -0.05) is 11.6 Å². The van der Waals surface area contributed by atoms with Crippen molar-refractivity contribution in [3.8, 4) is 5.75 Å². The minimum Gasteiger partial charge on any atom is -0.506 e. The molecule has 3 N–H and O–H groups in total. The smallest absolute Gasteiger partial charge is 0.340 e. The number of rotatable bonds is 4. The number of carbonyl (C=O) groups is 2. The first kappa shape index (κ1) is 19.4. The first-order chi connectivity index (χ1) is 13.2. The number of aryl methyl sites for hydroxylation is 1. The van der Waals surface area contributed by atoms with Gasteiger partial charge in [-0.3, -0.25) is 9.59 Å². The molecule has 0 spiro atoms. The van der Waals surface area contributed by atoms with Gasteiger partial charge in [-0.25, -0.2) is 4.79 Å². The molecular weight excluding hydrogens is 384 g/mol. The molecule has 0 aliphatic heterocycles. The van der Waals surface area contributed by atoms with Crippen LogP contribution in [0.25, 0.3) is 11.0 Å². The van der Waals surface area contributed by atoms with Crippen LogP contribution >= 0.6 is 11.6 Å². The molecule has 0 atom stereocenters. The Labute approximate surface area is 164 Å². The highest BCUT2D eigenvalue weighted by Gasteiger charge is 2.16. The zero-order chi connectivity index (χ0) is 20.4. The van der Waals surface area contributed by atoms with Gasteiger partial charge in [0.15, 0.2) is 0 Å². The average molecular weight is 401 g/mol. The highest BCUT2D eigenvalue weighted by Crippen LogP contribution is 2.30. The van der Waals surface area contributed by atoms with Crippen LogP contribution in [0.3, 0.4) is 0 Å². The molecular formula is C20H17ClN2O5. The molecule has 8 heteroatoms. The maximum atomic E-state index is 12.4. The first-order valence-corrected chi connectivity index (χ1v) is 8.74. The summed E-state index contributed by atoms with van der Waals surface area (Å²) in [5.41, 5.74) is 1.45. The Bertz CT molecular complexity index is 1140. The van der Waals surface area contributed by atoms with Crippen LogP contribution in [0.2, 0.25) is 5.02 Å². The number of amides is 2. The minimum absolute atomic E-state index is 0.124. The highest BCUT2D eigenvalue weighted by atomic mass is 35.5. The Morgan fingerprint density at radius 2 is 1.71 bits per heavy atom. The normalized spacial score (nSPS) is 10.7. The van der Waals surface area contributed by atoms with Crippen molar-refractivity contribution in [2.24, 2.45) is 0 Å². The third-order valence-corrected chi connectivity index (χ3v) is 4.48. The Morgan fingerprint density at radius 1 is 1.11 bits per heavy atom. The van der Waals surface area contributed by atoms with Crippen molar-refractivity contribution in [2.45, 2.75) is 20.3 Å². The van der Waals surface area contributed by atoms with E-state index in [1.807, 2.05) is 0 Å². The lowest BCUT2D eigenvalue weighted by Gasteiger charge is -2.10. The summed E-state index contributed by atoms with van der Waals surface area (Å²) in [6.07, 6.45) is -0.184. The van der Waals surface area contributed by atoms with E-state index < -0.39 is 11.5 Å². The summed E-state index contributed by atoms with van der Waals surface area (Å²) in [6.45, 7) is 3.10. The predicted octanol–water partition coefficient (Wildman–Crippen LogP) is 3.60. The molecule has 3 aromatic rings. The molecule has 1 heterocycles. The Hall–Kier alpha value is -3.32. The average Bonchev–Trinajstić information content (AvgIpc) is 2.62. The summed E-state index contributed by atoms with van der Waals surface area (Å²) >= 11 is 5.93. The number of benzene rings is 2. The molecule has 1 aromatic heterocycles. The number of anilines is 2. The van der Waals surface area contributed by atoms with Crippen LogP contribution in [0, 0.1) is 6.92 Å². The number of phenolic OH excluding ortho intramolecular Hbond substituents is 1. The maximum Gasteiger partial charge on any atom is 0.340 e. The van der Waals surface area contributed by atoms with E-state index in [4.69, 9.17) is 16.0 Å². The number of hydrogen-bond donors (Lipinski definition) is 3. The predicted molar refractivity (Wildman–Crippen MR) is 107 cm³/mol. The van der Waals surface area contributed by atoms with E-state index in [2.05, 4.69) is 10.6 Å². The molecule has 0 saturated heterocycles. The van der Waals surface area contributed by atoms with Crippen molar-refractivity contribution in [3.63, 3.8) is 0 Å². The molecule has 3 rings (SSSR count). The molecule has 0 aliphatic carbocycles. The maximum absolute atomic E-state index is 12.4. The third-order valence-electron chi connectivity index (χ3n) is 4.18. The molecule has 0 fully saturated rings. The molecule has 0 unspecified atom stereocenters. The molecule has 2 amide bonds. The fourth-order valence-electron chi connectivity index (χ4n) is 2.81. The zero-order valence-electron chi connectivity index (χ0n) is 15.1. The quantitative estimate of drug-likeness (QED) is 0.580. The van der Waals surface area contributed by atoms with Crippen LogP contribution in [-0.4, -0.2) is 16.9 Å². The van der Waals surface area contributed by atoms with Crippen molar-refractivity contribution in [1.29, 1.82) is 0 Å². The fourth-order valence-corrected chi connectivity index (χ4v) is 2.97. The number of phenols is 1. The van der Waals surface area contributed by atoms with Crippen LogP contribution in [-0.2, 0) is 16.0 Å². The second-order valence-corrected chi connectivity index (χ2v) is 6.68. The molecule has 0 radical (unpaired) electrons. The van der Waals surface area contributed by atoms with Gasteiger partial charge in [0.25, 0.3) is 0 Å². The number of hydrogen-bond acceptors (Lipinski definition) is 5. The summed E-state index contributed by atoms with van der Waals surface area (Å²) in [5.74, 6) is -0.777. The van der Waals surface area contributed by atoms with E-state index in [1.165, 1.54) is 19.1 Å². The van der Waals surface area contributed by atoms with Gasteiger partial charge in [-0.2, -0.15) is 0 Å². The van der Waals surface area contributed by atoms with Gasteiger partial charge < -0.3 is 20.2 Å². The SMILES string of the molecule is CC(=O)Nc1ccc(NC(=O)Cc2c(C)c3cc(Cl)c(O)cc3oc2=O)cc1. The van der Waals surface area contributed by atoms with Crippen molar-refractivity contribution in [1.82, 2.24) is 0 Å². The molecule has 7 nitrogen and oxygen atoms in total. The van der Waals surface area contributed by atoms with E-state index in [-0.39, 0.29) is 34.2 Å². The lowest BCUT2D eigenvalue weighted by Crippen LogP contribution is -2.20. The van der Waals surface area contributed by atoms with Crippen LogP contribution in [0.4, 0.5) is 11.4 Å². The monoisotopic (exact) mass is 400 g/mol. The van der Waals surface area contributed by atoms with Gasteiger partial charge >= 0.3 is 5.63 Å². The number of aromatic hydroxyl groups is 1. The third kappa shape index (κ3) is 4.15. The summed E-state index contributed by atoms with van der Waals surface area (Å²) < 4.78 is 5.22. The van der Waals surface area contributed by atoms with E-state index in [0.29, 0.717) is 22.3 Å². The topological polar surface area (TPSA) is 109 Å². The van der Waals surface area contributed by atoms with E-state index in [9.17, 15) is 19.5 Å². The number of nitrogens with one attached hydrogen (secondary N) is 2. The Balaban J connectivity index is 1.82. The van der Waals surface area contributed by atoms with Gasteiger partial charge in [0.1, 0.15) is 11.3 Å². The number of halogens is 1. The van der Waals surface area contributed by atoms with E-state index in [0.717, 1.165) is 0 Å². The van der Waals surface area contributed by atoms with Gasteiger partial charge in [0, 0.05) is 29.8 Å². The second kappa shape index (κ2) is 7.74. The fraction of sp³-hybridized carbons (Fsp3) is 0.150. The summed E-state index contributed by atoms with van der Waals surface area (Å²) in [5, 5.41) is 15.7. The van der Waals surface area contributed by atoms with Crippen molar-refractivity contribution >= 4 is 45.8 Å². The van der Waals surface area contributed by atoms with Crippen LogP contribution in [0.1, 0.15) is 18.1 Å². The summed E-state index contributed by atoms with van der Waals surface area (Å²) in [6, 6.07) is 9.35. The van der Waals surface area contributed by atoms with Gasteiger partial charge in [0.05, 0.1) is 17.0 Å². The summed E-state index contributed by atoms with van der Waals surface area (Å²) in [4.78, 5) is 35.7. The molecule has 144 valence electrons. The Morgan fingerprint density at radius 3 is 2.32 bits per heavy atom. The second-order valence-electron chi connectivity index (χ2n) is 6.28. The highest BCUT2D eigenvalue weighted by molar-refractivity contribution is 6.32. The van der Waals surface area contributed by atoms with E-state index >= 15 is 0 Å². The van der Waals surface area contributed by atoms with Crippen molar-refractivity contribution in [3.05, 3.63) is 63.0 Å². The van der Waals surface area contributed by atoms with Crippen molar-refractivity contribution in [2.75, 3.05) is 10.6 Å². The zero-order valence-corrected chi connectivity index (χ0v) is 15.9. The van der Waals surface area contributed by atoms with Crippen molar-refractivity contribution < 1.29 is 19.1 Å². The van der Waals surface area contributed by atoms with E-state index in [1.54, 1.807) is 31.2 Å². The number of fused-ring (bicyclic) bond motifs is 1. The van der Waals surface area contributed by atoms with Gasteiger partial charge in [-0.05, 0) is 42.8 Å². The van der Waals surface area contributed by atoms with Gasteiger partial charge in [0.2, 0.25) is 11.8 Å². The standard InChI is InChI=1S/C20H17ClN2O5/c1-10-14-7-16(21)17(25)9-18(14)28-20(27)15(10)8-19(26)23-13-5-3-12(4-6-13)22-11(2)24/h3-7,9,25H,8H2,1-2H3,(H,22,24)(H,23,26). The van der Waals surface area contributed by atoms with Crippen LogP contribution < -0.4 is 16.3 Å². The largest absolute Gasteiger partial charge is 0.506 e. The number of carbonyl (C=O) groups excluding carboxylic acids is 2. The lowest BCUT2D eigenvalue weighted by atomic mass is 10.0. The summed E-state index contributed by atoms with van der Waals surface area (Å²) in [7, 11) is 0. The minimum atomic E-state index is -0.650. The molecule has 0 aliphatic rings. The molecule has 2 aromatic carbocycles. The van der Waals surface area contributed by atoms with Crippen LogP contribution in [0.5, 0.6) is 5.75 Å². The Kier molecular flexibility index (Phi) is 5.37. The first-order valence-electron chi connectivity index (χ1n) is 8.37. The lowest BCUT2D eigenvalue weighted by molar-refractivity contribution is -0.116.